The molecular formula is C35H37Cl2N3O4S. The minimum Gasteiger partial charge on any atom is -0.354 e. The topological polar surface area (TPSA) is 86.8 Å². The number of hydrogen-bond donors (Lipinski definition) is 1. The molecule has 0 saturated carbocycles. The van der Waals surface area contributed by atoms with Gasteiger partial charge in [-0.25, -0.2) is 8.42 Å². The Kier molecular flexibility index (Phi) is 11.7. The van der Waals surface area contributed by atoms with Gasteiger partial charge < -0.3 is 10.2 Å². The van der Waals surface area contributed by atoms with Gasteiger partial charge in [-0.1, -0.05) is 97.2 Å². The van der Waals surface area contributed by atoms with E-state index in [1.807, 2.05) is 57.2 Å². The third kappa shape index (κ3) is 9.33. The first-order valence-electron chi connectivity index (χ1n) is 14.6. The minimum atomic E-state index is -4.20. The minimum absolute atomic E-state index is 0.0328. The van der Waals surface area contributed by atoms with E-state index in [-0.39, 0.29) is 35.4 Å². The smallest absolute Gasteiger partial charge is 0.264 e. The number of aryl methyl sites for hydroxylation is 1. The molecule has 0 fully saturated rings. The van der Waals surface area contributed by atoms with Gasteiger partial charge in [-0.3, -0.25) is 13.9 Å². The van der Waals surface area contributed by atoms with E-state index >= 15 is 0 Å². The fourth-order valence-corrected chi connectivity index (χ4v) is 6.54. The first-order chi connectivity index (χ1) is 21.4. The summed E-state index contributed by atoms with van der Waals surface area (Å²) in [5, 5.41) is 3.88. The maximum absolute atomic E-state index is 14.5. The Balaban J connectivity index is 1.79. The summed E-state index contributed by atoms with van der Waals surface area (Å²) < 4.78 is 29.2. The number of carbonyl (C=O) groups excluding carboxylic acids is 2. The monoisotopic (exact) mass is 665 g/mol. The van der Waals surface area contributed by atoms with Gasteiger partial charge in [0.2, 0.25) is 11.8 Å². The maximum Gasteiger partial charge on any atom is 0.264 e. The van der Waals surface area contributed by atoms with Crippen molar-refractivity contribution in [3.8, 4) is 0 Å². The van der Waals surface area contributed by atoms with Gasteiger partial charge in [0.15, 0.2) is 0 Å². The van der Waals surface area contributed by atoms with Crippen LogP contribution in [0.15, 0.2) is 108 Å². The highest BCUT2D eigenvalue weighted by molar-refractivity contribution is 7.92. The molecule has 10 heteroatoms. The number of amides is 2. The molecule has 45 heavy (non-hydrogen) atoms. The van der Waals surface area contributed by atoms with E-state index in [1.165, 1.54) is 17.0 Å². The highest BCUT2D eigenvalue weighted by Crippen LogP contribution is 2.27. The van der Waals surface area contributed by atoms with Gasteiger partial charge in [-0.15, -0.1) is 0 Å². The Morgan fingerprint density at radius 2 is 1.44 bits per heavy atom. The molecule has 0 unspecified atom stereocenters. The molecule has 0 heterocycles. The van der Waals surface area contributed by atoms with Gasteiger partial charge in [-0.05, 0) is 72.5 Å². The summed E-state index contributed by atoms with van der Waals surface area (Å²) in [5.41, 5.74) is 2.71. The summed E-state index contributed by atoms with van der Waals surface area (Å²) in [6.07, 6.45) is 0.225. The van der Waals surface area contributed by atoms with E-state index in [0.717, 1.165) is 15.4 Å². The third-order valence-electron chi connectivity index (χ3n) is 7.20. The molecule has 7 nitrogen and oxygen atoms in total. The predicted octanol–water partition coefficient (Wildman–Crippen LogP) is 6.91. The summed E-state index contributed by atoms with van der Waals surface area (Å²) in [6.45, 7) is 5.73. The number of hydrogen-bond acceptors (Lipinski definition) is 4. The molecule has 0 aliphatic carbocycles. The Labute approximate surface area is 275 Å². The van der Waals surface area contributed by atoms with Crippen LogP contribution in [0.1, 0.15) is 30.5 Å². The van der Waals surface area contributed by atoms with Crippen LogP contribution in [0.3, 0.4) is 0 Å². The highest BCUT2D eigenvalue weighted by atomic mass is 35.5. The molecule has 2 amide bonds. The number of nitrogens with zero attached hydrogens (tertiary/aromatic N) is 2. The van der Waals surface area contributed by atoms with Crippen LogP contribution in [0, 0.1) is 12.8 Å². The van der Waals surface area contributed by atoms with Crippen molar-refractivity contribution >= 4 is 50.7 Å². The van der Waals surface area contributed by atoms with Crippen LogP contribution in [-0.4, -0.2) is 44.3 Å². The van der Waals surface area contributed by atoms with E-state index in [2.05, 4.69) is 5.32 Å². The Morgan fingerprint density at radius 3 is 2.07 bits per heavy atom. The molecule has 0 aromatic heterocycles. The summed E-state index contributed by atoms with van der Waals surface area (Å²) in [5.74, 6) is -0.702. The molecule has 4 rings (SSSR count). The molecule has 0 spiro atoms. The first-order valence-corrected chi connectivity index (χ1v) is 16.8. The molecule has 4 aromatic carbocycles. The molecule has 236 valence electrons. The summed E-state index contributed by atoms with van der Waals surface area (Å²) in [7, 11) is -4.20. The van der Waals surface area contributed by atoms with Gasteiger partial charge in [0, 0.05) is 29.6 Å². The standard InChI is InChI=1S/C35H37Cl2N3O4S/c1-25(2)22-38-35(42)33(21-27-8-5-4-6-9-27)39(23-28-10-7-11-30(37)20-28)34(41)24-40(31-16-14-29(36)15-17-31)45(43,44)32-18-12-26(3)13-19-32/h4-20,25,33H,21-24H2,1-3H3,(H,38,42)/t33-/m0/s1. The Hall–Kier alpha value is -3.85. The molecule has 0 aliphatic heterocycles. The van der Waals surface area contributed by atoms with Crippen LogP contribution >= 0.6 is 23.2 Å². The van der Waals surface area contributed by atoms with Crippen molar-refractivity contribution in [2.45, 2.75) is 44.7 Å². The van der Waals surface area contributed by atoms with Crippen molar-refractivity contribution in [3.05, 3.63) is 130 Å². The average Bonchev–Trinajstić information content (AvgIpc) is 3.01. The van der Waals surface area contributed by atoms with Gasteiger partial charge in [0.25, 0.3) is 10.0 Å². The van der Waals surface area contributed by atoms with Crippen LogP contribution in [0.25, 0.3) is 0 Å². The lowest BCUT2D eigenvalue weighted by molar-refractivity contribution is -0.140. The summed E-state index contributed by atoms with van der Waals surface area (Å²) >= 11 is 12.4. The van der Waals surface area contributed by atoms with Crippen LogP contribution in [0.5, 0.6) is 0 Å². The fraction of sp³-hybridized carbons (Fsp3) is 0.257. The normalized spacial score (nSPS) is 12.0. The second-order valence-corrected chi connectivity index (χ2v) is 14.0. The lowest BCUT2D eigenvalue weighted by Crippen LogP contribution is -2.53. The van der Waals surface area contributed by atoms with Crippen LogP contribution in [-0.2, 0) is 32.6 Å². The van der Waals surface area contributed by atoms with Gasteiger partial charge in [-0.2, -0.15) is 0 Å². The number of halogens is 2. The SMILES string of the molecule is Cc1ccc(S(=O)(=O)N(CC(=O)N(Cc2cccc(Cl)c2)[C@@H](Cc2ccccc2)C(=O)NCC(C)C)c2ccc(Cl)cc2)cc1. The molecule has 0 saturated heterocycles. The van der Waals surface area contributed by atoms with E-state index in [9.17, 15) is 18.0 Å². The van der Waals surface area contributed by atoms with Crippen molar-refractivity contribution in [3.63, 3.8) is 0 Å². The molecule has 0 radical (unpaired) electrons. The molecular weight excluding hydrogens is 629 g/mol. The van der Waals surface area contributed by atoms with Crippen LogP contribution < -0.4 is 9.62 Å². The number of rotatable bonds is 13. The zero-order valence-corrected chi connectivity index (χ0v) is 27.8. The third-order valence-corrected chi connectivity index (χ3v) is 9.48. The number of nitrogens with one attached hydrogen (secondary N) is 1. The number of benzene rings is 4. The van der Waals surface area contributed by atoms with Crippen molar-refractivity contribution in [1.29, 1.82) is 0 Å². The molecule has 0 aliphatic rings. The van der Waals surface area contributed by atoms with Gasteiger partial charge in [0.05, 0.1) is 10.6 Å². The summed E-state index contributed by atoms with van der Waals surface area (Å²) in [4.78, 5) is 29.8. The quantitative estimate of drug-likeness (QED) is 0.168. The summed E-state index contributed by atoms with van der Waals surface area (Å²) in [6, 6.07) is 28.2. The molecule has 1 N–H and O–H groups in total. The van der Waals surface area contributed by atoms with E-state index in [1.54, 1.807) is 54.6 Å². The van der Waals surface area contributed by atoms with Crippen molar-refractivity contribution < 1.29 is 18.0 Å². The van der Waals surface area contributed by atoms with E-state index in [0.29, 0.717) is 22.2 Å². The van der Waals surface area contributed by atoms with E-state index < -0.39 is 28.5 Å². The zero-order valence-electron chi connectivity index (χ0n) is 25.5. The first kappa shape index (κ1) is 34.0. The lowest BCUT2D eigenvalue weighted by atomic mass is 10.0. The van der Waals surface area contributed by atoms with Crippen molar-refractivity contribution in [2.75, 3.05) is 17.4 Å². The number of sulfonamides is 1. The second-order valence-electron chi connectivity index (χ2n) is 11.3. The molecule has 0 bridgehead atoms. The Bertz CT molecular complexity index is 1700. The fourth-order valence-electron chi connectivity index (χ4n) is 4.78. The van der Waals surface area contributed by atoms with Crippen molar-refractivity contribution in [1.82, 2.24) is 10.2 Å². The zero-order chi connectivity index (χ0) is 32.6. The van der Waals surface area contributed by atoms with Crippen molar-refractivity contribution in [2.24, 2.45) is 5.92 Å². The Morgan fingerprint density at radius 1 is 0.800 bits per heavy atom. The van der Waals surface area contributed by atoms with Crippen LogP contribution in [0.2, 0.25) is 10.0 Å². The molecule has 4 aromatic rings. The second kappa shape index (κ2) is 15.4. The van der Waals surface area contributed by atoms with E-state index in [4.69, 9.17) is 23.2 Å². The largest absolute Gasteiger partial charge is 0.354 e. The van der Waals surface area contributed by atoms with Gasteiger partial charge in [0.1, 0.15) is 12.6 Å². The number of anilines is 1. The average molecular weight is 667 g/mol. The maximum atomic E-state index is 14.5. The number of carbonyl (C=O) groups is 2. The highest BCUT2D eigenvalue weighted by Gasteiger charge is 2.34. The van der Waals surface area contributed by atoms with Gasteiger partial charge >= 0.3 is 0 Å². The predicted molar refractivity (Wildman–Crippen MR) is 181 cm³/mol. The van der Waals surface area contributed by atoms with Crippen LogP contribution in [0.4, 0.5) is 5.69 Å². The molecule has 1 atom stereocenters. The lowest BCUT2D eigenvalue weighted by Gasteiger charge is -2.34.